The molecule has 2 heterocycles. The molecule has 4 aliphatic rings. The molecule has 11 rings (SSSR count). The van der Waals surface area contributed by atoms with Crippen LogP contribution in [0.5, 0.6) is 0 Å². The summed E-state index contributed by atoms with van der Waals surface area (Å²) in [6.45, 7) is 0. The summed E-state index contributed by atoms with van der Waals surface area (Å²) in [5.41, 5.74) is 9.55. The standard InChI is InChI=1S/C40H34N2/c1-2-8-30(9-3-1)41-36-12-6-5-11-33(36)35-22-31(15-17-39(35)41)42-37-13-7-4-10-32(37)34-21-29(14-16-38(34)42)40-23-26-18-27(24-40)20-28(19-26)25-40/h1-17,21-22,26-28H,18-20,23-25H2. The molecular formula is C40H34N2. The first-order valence-corrected chi connectivity index (χ1v) is 15.9. The molecule has 2 heteroatoms. The van der Waals surface area contributed by atoms with Gasteiger partial charge in [-0.25, -0.2) is 0 Å². The summed E-state index contributed by atoms with van der Waals surface area (Å²) in [6, 6.07) is 43.2. The van der Waals surface area contributed by atoms with Crippen LogP contribution < -0.4 is 0 Å². The number of hydrogen-bond donors (Lipinski definition) is 0. The Labute approximate surface area is 246 Å². The van der Waals surface area contributed by atoms with E-state index in [0.29, 0.717) is 5.41 Å². The second-order valence-corrected chi connectivity index (χ2v) is 13.7. The van der Waals surface area contributed by atoms with E-state index in [1.807, 2.05) is 0 Å². The predicted octanol–water partition coefficient (Wildman–Crippen LogP) is 10.3. The number of hydrogen-bond acceptors (Lipinski definition) is 0. The van der Waals surface area contributed by atoms with Gasteiger partial charge in [0.05, 0.1) is 22.1 Å². The number of rotatable bonds is 3. The van der Waals surface area contributed by atoms with Gasteiger partial charge in [-0.1, -0.05) is 60.7 Å². The lowest BCUT2D eigenvalue weighted by Crippen LogP contribution is -2.48. The minimum Gasteiger partial charge on any atom is -0.309 e. The van der Waals surface area contributed by atoms with E-state index in [0.717, 1.165) is 17.8 Å². The highest BCUT2D eigenvalue weighted by atomic mass is 15.0. The fraction of sp³-hybridized carbons (Fsp3) is 0.250. The SMILES string of the molecule is c1ccc(-n2c3ccccc3c3cc(-n4c5ccccc5c5cc(C67CC8CC(CC(C8)C6)C7)ccc54)ccc32)cc1. The third-order valence-electron chi connectivity index (χ3n) is 11.3. The van der Waals surface area contributed by atoms with E-state index < -0.39 is 0 Å². The van der Waals surface area contributed by atoms with E-state index in [4.69, 9.17) is 0 Å². The monoisotopic (exact) mass is 542 g/mol. The van der Waals surface area contributed by atoms with E-state index in [1.54, 1.807) is 5.56 Å². The largest absolute Gasteiger partial charge is 0.309 e. The molecule has 0 spiro atoms. The predicted molar refractivity (Wildman–Crippen MR) is 175 cm³/mol. The first kappa shape index (κ1) is 23.3. The van der Waals surface area contributed by atoms with Crippen molar-refractivity contribution in [2.75, 3.05) is 0 Å². The molecule has 7 aromatic rings. The molecule has 4 aliphatic carbocycles. The van der Waals surface area contributed by atoms with E-state index in [2.05, 4.69) is 124 Å². The first-order chi connectivity index (χ1) is 20.7. The van der Waals surface area contributed by atoms with Crippen molar-refractivity contribution >= 4 is 43.6 Å². The van der Waals surface area contributed by atoms with Crippen LogP contribution in [0.2, 0.25) is 0 Å². The van der Waals surface area contributed by atoms with Crippen molar-refractivity contribution in [2.24, 2.45) is 17.8 Å². The Kier molecular flexibility index (Phi) is 4.65. The maximum absolute atomic E-state index is 2.60. The maximum Gasteiger partial charge on any atom is 0.0542 e. The molecule has 0 aliphatic heterocycles. The molecule has 0 radical (unpaired) electrons. The Bertz CT molecular complexity index is 2140. The van der Waals surface area contributed by atoms with Crippen LogP contribution >= 0.6 is 0 Å². The van der Waals surface area contributed by atoms with Gasteiger partial charge in [-0.05, 0) is 122 Å². The van der Waals surface area contributed by atoms with Crippen LogP contribution in [0.4, 0.5) is 0 Å². The van der Waals surface area contributed by atoms with Crippen LogP contribution in [0.25, 0.3) is 55.0 Å². The lowest BCUT2D eigenvalue weighted by atomic mass is 9.48. The molecule has 42 heavy (non-hydrogen) atoms. The van der Waals surface area contributed by atoms with Crippen LogP contribution in [-0.2, 0) is 5.41 Å². The van der Waals surface area contributed by atoms with Crippen molar-refractivity contribution < 1.29 is 0 Å². The lowest BCUT2D eigenvalue weighted by molar-refractivity contribution is -0.00512. The van der Waals surface area contributed by atoms with Crippen molar-refractivity contribution in [3.63, 3.8) is 0 Å². The van der Waals surface area contributed by atoms with Gasteiger partial charge in [-0.15, -0.1) is 0 Å². The molecule has 2 aromatic heterocycles. The lowest BCUT2D eigenvalue weighted by Gasteiger charge is -2.57. The zero-order chi connectivity index (χ0) is 27.4. The summed E-state index contributed by atoms with van der Waals surface area (Å²) < 4.78 is 4.90. The summed E-state index contributed by atoms with van der Waals surface area (Å²) >= 11 is 0. The third kappa shape index (κ3) is 3.16. The van der Waals surface area contributed by atoms with Crippen molar-refractivity contribution in [3.8, 4) is 11.4 Å². The van der Waals surface area contributed by atoms with Gasteiger partial charge < -0.3 is 9.13 Å². The molecule has 0 unspecified atom stereocenters. The van der Waals surface area contributed by atoms with Gasteiger partial charge in [0.2, 0.25) is 0 Å². The van der Waals surface area contributed by atoms with E-state index in [9.17, 15) is 0 Å². The van der Waals surface area contributed by atoms with Gasteiger partial charge in [-0.2, -0.15) is 0 Å². The Morgan fingerprint density at radius 3 is 1.57 bits per heavy atom. The summed E-state index contributed by atoms with van der Waals surface area (Å²) in [5, 5.41) is 5.36. The fourth-order valence-electron chi connectivity index (χ4n) is 10.0. The molecule has 4 fully saturated rings. The van der Waals surface area contributed by atoms with Crippen molar-refractivity contribution in [1.29, 1.82) is 0 Å². The number of aromatic nitrogens is 2. The summed E-state index contributed by atoms with van der Waals surface area (Å²) in [6.07, 6.45) is 8.69. The Morgan fingerprint density at radius 1 is 0.429 bits per heavy atom. The summed E-state index contributed by atoms with van der Waals surface area (Å²) in [5.74, 6) is 2.87. The molecular weight excluding hydrogens is 508 g/mol. The second-order valence-electron chi connectivity index (χ2n) is 13.7. The van der Waals surface area contributed by atoms with Gasteiger partial charge >= 0.3 is 0 Å². The Balaban J connectivity index is 1.19. The molecule has 0 N–H and O–H groups in total. The first-order valence-electron chi connectivity index (χ1n) is 15.9. The van der Waals surface area contributed by atoms with Gasteiger partial charge in [-0.3, -0.25) is 0 Å². The highest BCUT2D eigenvalue weighted by Crippen LogP contribution is 2.61. The smallest absolute Gasteiger partial charge is 0.0542 e. The minimum atomic E-state index is 0.407. The van der Waals surface area contributed by atoms with Gasteiger partial charge in [0, 0.05) is 32.9 Å². The molecule has 0 amide bonds. The van der Waals surface area contributed by atoms with E-state index in [-0.39, 0.29) is 0 Å². The number of para-hydroxylation sites is 3. The highest BCUT2D eigenvalue weighted by molar-refractivity contribution is 6.12. The molecule has 2 nitrogen and oxygen atoms in total. The molecule has 4 bridgehead atoms. The number of nitrogens with zero attached hydrogens (tertiary/aromatic N) is 2. The molecule has 0 atom stereocenters. The zero-order valence-corrected chi connectivity index (χ0v) is 23.8. The number of benzene rings is 5. The van der Waals surface area contributed by atoms with E-state index >= 15 is 0 Å². The Morgan fingerprint density at radius 2 is 0.929 bits per heavy atom. The van der Waals surface area contributed by atoms with Crippen LogP contribution in [0, 0.1) is 17.8 Å². The van der Waals surface area contributed by atoms with Gasteiger partial charge in [0.1, 0.15) is 0 Å². The topological polar surface area (TPSA) is 9.86 Å². The Hall–Kier alpha value is -4.30. The molecule has 4 saturated carbocycles. The van der Waals surface area contributed by atoms with Crippen molar-refractivity contribution in [1.82, 2.24) is 9.13 Å². The number of fused-ring (bicyclic) bond motifs is 6. The van der Waals surface area contributed by atoms with Crippen LogP contribution in [-0.4, -0.2) is 9.13 Å². The summed E-state index contributed by atoms with van der Waals surface area (Å²) in [7, 11) is 0. The molecule has 5 aromatic carbocycles. The highest BCUT2D eigenvalue weighted by Gasteiger charge is 2.51. The summed E-state index contributed by atoms with van der Waals surface area (Å²) in [4.78, 5) is 0. The van der Waals surface area contributed by atoms with Crippen molar-refractivity contribution in [3.05, 3.63) is 121 Å². The average molecular weight is 543 g/mol. The van der Waals surface area contributed by atoms with E-state index in [1.165, 1.54) is 93.5 Å². The van der Waals surface area contributed by atoms with Crippen LogP contribution in [0.1, 0.15) is 44.1 Å². The van der Waals surface area contributed by atoms with Crippen molar-refractivity contribution in [2.45, 2.75) is 43.9 Å². The van der Waals surface area contributed by atoms with Crippen LogP contribution in [0.3, 0.4) is 0 Å². The zero-order valence-electron chi connectivity index (χ0n) is 23.8. The maximum atomic E-state index is 2.60. The minimum absolute atomic E-state index is 0.407. The van der Waals surface area contributed by atoms with Gasteiger partial charge in [0.15, 0.2) is 0 Å². The molecule has 204 valence electrons. The quantitative estimate of drug-likeness (QED) is 0.210. The fourth-order valence-corrected chi connectivity index (χ4v) is 10.0. The second kappa shape index (κ2) is 8.38. The van der Waals surface area contributed by atoms with Crippen LogP contribution in [0.15, 0.2) is 115 Å². The molecule has 0 saturated heterocycles. The third-order valence-corrected chi connectivity index (χ3v) is 11.3. The van der Waals surface area contributed by atoms with Gasteiger partial charge in [0.25, 0.3) is 0 Å². The normalized spacial score (nSPS) is 24.9. The average Bonchev–Trinajstić information content (AvgIpc) is 3.53.